The second-order valence-corrected chi connectivity index (χ2v) is 8.18. The van der Waals surface area contributed by atoms with E-state index in [0.717, 1.165) is 50.7 Å². The molecule has 0 fully saturated rings. The number of fused-ring (bicyclic) bond motifs is 1. The van der Waals surface area contributed by atoms with Crippen molar-refractivity contribution in [2.75, 3.05) is 13.4 Å². The van der Waals surface area contributed by atoms with Crippen LogP contribution in [0.3, 0.4) is 0 Å². The highest BCUT2D eigenvalue weighted by Gasteiger charge is 2.14. The maximum Gasteiger partial charge on any atom is 0.231 e. The van der Waals surface area contributed by atoms with E-state index in [-0.39, 0.29) is 6.79 Å². The number of aryl methyl sites for hydroxylation is 1. The number of rotatable bonds is 9. The number of halogens is 1. The van der Waals surface area contributed by atoms with Crippen LogP contribution in [-0.2, 0) is 19.7 Å². The molecule has 162 valence electrons. The van der Waals surface area contributed by atoms with Crippen LogP contribution in [-0.4, -0.2) is 13.4 Å². The zero-order valence-corrected chi connectivity index (χ0v) is 19.3. The van der Waals surface area contributed by atoms with E-state index in [9.17, 15) is 0 Å². The quantitative estimate of drug-likeness (QED) is 0.419. The van der Waals surface area contributed by atoms with Crippen molar-refractivity contribution in [2.24, 2.45) is 0 Å². The second-order valence-electron chi connectivity index (χ2n) is 7.33. The molecule has 0 spiro atoms. The lowest BCUT2D eigenvalue weighted by atomic mass is 10.1. The highest BCUT2D eigenvalue weighted by atomic mass is 79.9. The zero-order valence-electron chi connectivity index (χ0n) is 17.7. The Labute approximate surface area is 191 Å². The van der Waals surface area contributed by atoms with Crippen LogP contribution in [0.25, 0.3) is 0 Å². The minimum atomic E-state index is 0.289. The lowest BCUT2D eigenvalue weighted by Crippen LogP contribution is -2.13. The van der Waals surface area contributed by atoms with Crippen molar-refractivity contribution in [3.63, 3.8) is 0 Å². The first-order valence-corrected chi connectivity index (χ1v) is 11.1. The van der Waals surface area contributed by atoms with Gasteiger partial charge in [-0.15, -0.1) is 0 Å². The smallest absolute Gasteiger partial charge is 0.231 e. The molecule has 0 aliphatic carbocycles. The average molecular weight is 484 g/mol. The molecule has 3 aromatic carbocycles. The maximum atomic E-state index is 6.11. The summed E-state index contributed by atoms with van der Waals surface area (Å²) in [6.07, 6.45) is 0. The summed E-state index contributed by atoms with van der Waals surface area (Å²) in [7, 11) is 0. The number of nitrogens with one attached hydrogen (secondary N) is 1. The Kier molecular flexibility index (Phi) is 6.99. The molecular formula is C25H26BrNO4. The molecule has 0 saturated heterocycles. The summed E-state index contributed by atoms with van der Waals surface area (Å²) in [5.74, 6) is 3.08. The summed E-state index contributed by atoms with van der Waals surface area (Å²) in [6.45, 7) is 6.84. The van der Waals surface area contributed by atoms with Crippen molar-refractivity contribution >= 4 is 15.9 Å². The first kappa shape index (κ1) is 21.5. The van der Waals surface area contributed by atoms with Gasteiger partial charge in [-0.25, -0.2) is 0 Å². The normalized spacial score (nSPS) is 12.1. The van der Waals surface area contributed by atoms with E-state index in [0.29, 0.717) is 19.8 Å². The van der Waals surface area contributed by atoms with Crippen LogP contribution in [0.5, 0.6) is 23.0 Å². The van der Waals surface area contributed by atoms with E-state index in [1.807, 2.05) is 49.4 Å². The Morgan fingerprint density at radius 1 is 0.903 bits per heavy atom. The van der Waals surface area contributed by atoms with Crippen molar-refractivity contribution in [1.82, 2.24) is 5.32 Å². The molecule has 1 N–H and O–H groups in total. The Hall–Kier alpha value is -2.70. The van der Waals surface area contributed by atoms with Gasteiger partial charge in [0.05, 0.1) is 6.61 Å². The van der Waals surface area contributed by atoms with Crippen LogP contribution in [0.2, 0.25) is 0 Å². The first-order chi connectivity index (χ1) is 15.1. The Morgan fingerprint density at radius 3 is 2.55 bits per heavy atom. The van der Waals surface area contributed by atoms with Gasteiger partial charge in [0.25, 0.3) is 0 Å². The van der Waals surface area contributed by atoms with Crippen molar-refractivity contribution in [3.8, 4) is 23.0 Å². The van der Waals surface area contributed by atoms with Gasteiger partial charge in [-0.3, -0.25) is 0 Å². The Morgan fingerprint density at radius 2 is 1.71 bits per heavy atom. The fraction of sp³-hybridized carbons (Fsp3) is 0.280. The van der Waals surface area contributed by atoms with Crippen molar-refractivity contribution in [3.05, 3.63) is 81.3 Å². The van der Waals surface area contributed by atoms with Crippen molar-refractivity contribution < 1.29 is 18.9 Å². The molecule has 1 aliphatic heterocycles. The Balaban J connectivity index is 1.42. The maximum absolute atomic E-state index is 6.11. The molecule has 0 aromatic heterocycles. The highest BCUT2D eigenvalue weighted by molar-refractivity contribution is 9.10. The van der Waals surface area contributed by atoms with Gasteiger partial charge < -0.3 is 24.3 Å². The molecule has 3 aromatic rings. The first-order valence-electron chi connectivity index (χ1n) is 10.4. The summed E-state index contributed by atoms with van der Waals surface area (Å²) >= 11 is 3.69. The molecule has 1 heterocycles. The molecule has 0 atom stereocenters. The molecule has 1 aliphatic rings. The Bertz CT molecular complexity index is 1050. The van der Waals surface area contributed by atoms with E-state index in [1.165, 1.54) is 5.56 Å². The van der Waals surface area contributed by atoms with Gasteiger partial charge in [-0.05, 0) is 60.4 Å². The van der Waals surface area contributed by atoms with E-state index < -0.39 is 0 Å². The third-order valence-corrected chi connectivity index (χ3v) is 5.88. The second kappa shape index (κ2) is 10.1. The molecular weight excluding hydrogens is 458 g/mol. The molecule has 6 heteroatoms. The topological polar surface area (TPSA) is 49.0 Å². The van der Waals surface area contributed by atoms with E-state index in [4.69, 9.17) is 18.9 Å². The molecule has 5 nitrogen and oxygen atoms in total. The molecule has 31 heavy (non-hydrogen) atoms. The predicted molar refractivity (Wildman–Crippen MR) is 124 cm³/mol. The fourth-order valence-corrected chi connectivity index (χ4v) is 3.88. The fourth-order valence-electron chi connectivity index (χ4n) is 3.41. The largest absolute Gasteiger partial charge is 0.490 e. The van der Waals surface area contributed by atoms with E-state index in [2.05, 4.69) is 40.3 Å². The summed E-state index contributed by atoms with van der Waals surface area (Å²) in [5.41, 5.74) is 4.62. The standard InChI is InChI=1S/C25H26BrNO4/c1-3-28-24-11-20(14-27-13-18-8-9-22-23(10-18)31-16-30-22)21(26)12-25(24)29-15-19-7-5-4-6-17(19)2/h4-12,27H,3,13-16H2,1-2H3. The molecule has 4 rings (SSSR count). The van der Waals surface area contributed by atoms with E-state index >= 15 is 0 Å². The zero-order chi connectivity index (χ0) is 21.6. The van der Waals surface area contributed by atoms with Gasteiger partial charge in [0.2, 0.25) is 6.79 Å². The summed E-state index contributed by atoms with van der Waals surface area (Å²) in [5, 5.41) is 3.48. The molecule has 0 saturated carbocycles. The SMILES string of the molecule is CCOc1cc(CNCc2ccc3c(c2)OCO3)c(Br)cc1OCc1ccccc1C. The van der Waals surface area contributed by atoms with Crippen LogP contribution in [0, 0.1) is 6.92 Å². The number of hydrogen-bond acceptors (Lipinski definition) is 5. The van der Waals surface area contributed by atoms with Gasteiger partial charge in [-0.2, -0.15) is 0 Å². The average Bonchev–Trinajstić information content (AvgIpc) is 3.24. The van der Waals surface area contributed by atoms with Gasteiger partial charge in [0.1, 0.15) is 6.61 Å². The van der Waals surface area contributed by atoms with E-state index in [1.54, 1.807) is 0 Å². The third-order valence-electron chi connectivity index (χ3n) is 5.14. The summed E-state index contributed by atoms with van der Waals surface area (Å²) < 4.78 is 23.8. The van der Waals surface area contributed by atoms with Crippen LogP contribution >= 0.6 is 15.9 Å². The molecule has 0 radical (unpaired) electrons. The minimum Gasteiger partial charge on any atom is -0.490 e. The lowest BCUT2D eigenvalue weighted by Gasteiger charge is -2.16. The van der Waals surface area contributed by atoms with Crippen molar-refractivity contribution in [1.29, 1.82) is 0 Å². The lowest BCUT2D eigenvalue weighted by molar-refractivity contribution is 0.174. The van der Waals surface area contributed by atoms with Gasteiger partial charge in [-0.1, -0.05) is 46.3 Å². The summed E-state index contributed by atoms with van der Waals surface area (Å²) in [4.78, 5) is 0. The van der Waals surface area contributed by atoms with Gasteiger partial charge in [0.15, 0.2) is 23.0 Å². The molecule has 0 unspecified atom stereocenters. The monoisotopic (exact) mass is 483 g/mol. The number of benzene rings is 3. The van der Waals surface area contributed by atoms with Gasteiger partial charge >= 0.3 is 0 Å². The predicted octanol–water partition coefficient (Wildman–Crippen LogP) is 5.75. The van der Waals surface area contributed by atoms with Crippen LogP contribution < -0.4 is 24.3 Å². The highest BCUT2D eigenvalue weighted by Crippen LogP contribution is 2.35. The van der Waals surface area contributed by atoms with Crippen LogP contribution in [0.15, 0.2) is 59.1 Å². The molecule has 0 amide bonds. The van der Waals surface area contributed by atoms with Crippen LogP contribution in [0.4, 0.5) is 0 Å². The third kappa shape index (κ3) is 5.32. The summed E-state index contributed by atoms with van der Waals surface area (Å²) in [6, 6.07) is 18.3. The number of hydrogen-bond donors (Lipinski definition) is 1. The molecule has 0 bridgehead atoms. The van der Waals surface area contributed by atoms with Crippen LogP contribution in [0.1, 0.15) is 29.2 Å². The van der Waals surface area contributed by atoms with Crippen molar-refractivity contribution in [2.45, 2.75) is 33.5 Å². The van der Waals surface area contributed by atoms with Gasteiger partial charge in [0, 0.05) is 17.6 Å². The number of ether oxygens (including phenoxy) is 4. The minimum absolute atomic E-state index is 0.289.